The summed E-state index contributed by atoms with van der Waals surface area (Å²) >= 11 is 0. The van der Waals surface area contributed by atoms with Gasteiger partial charge in [-0.25, -0.2) is 0 Å². The SMILES string of the molecule is CNCCOC1CC/C=C\CCC1. The summed E-state index contributed by atoms with van der Waals surface area (Å²) in [6, 6.07) is 0. The Bertz CT molecular complexity index is 145. The van der Waals surface area contributed by atoms with Gasteiger partial charge in [0.15, 0.2) is 0 Å². The highest BCUT2D eigenvalue weighted by atomic mass is 16.5. The third kappa shape index (κ3) is 5.06. The summed E-state index contributed by atoms with van der Waals surface area (Å²) in [5.74, 6) is 0. The molecule has 13 heavy (non-hydrogen) atoms. The number of allylic oxidation sites excluding steroid dienone is 2. The lowest BCUT2D eigenvalue weighted by molar-refractivity contribution is 0.0431. The molecule has 0 saturated heterocycles. The number of ether oxygens (including phenoxy) is 1. The van der Waals surface area contributed by atoms with Crippen molar-refractivity contribution in [1.82, 2.24) is 5.32 Å². The van der Waals surface area contributed by atoms with Crippen LogP contribution in [0, 0.1) is 0 Å². The van der Waals surface area contributed by atoms with Gasteiger partial charge in [-0.05, 0) is 39.2 Å². The Morgan fingerprint density at radius 1 is 1.31 bits per heavy atom. The molecule has 0 aromatic heterocycles. The maximum atomic E-state index is 5.76. The van der Waals surface area contributed by atoms with Gasteiger partial charge in [-0.2, -0.15) is 0 Å². The molecular weight excluding hydrogens is 162 g/mol. The van der Waals surface area contributed by atoms with Gasteiger partial charge in [-0.1, -0.05) is 12.2 Å². The van der Waals surface area contributed by atoms with E-state index in [2.05, 4.69) is 17.5 Å². The second-order valence-corrected chi connectivity index (χ2v) is 3.58. The van der Waals surface area contributed by atoms with Crippen molar-refractivity contribution in [2.45, 2.75) is 38.2 Å². The van der Waals surface area contributed by atoms with Gasteiger partial charge in [0.25, 0.3) is 0 Å². The third-order valence-electron chi connectivity index (χ3n) is 2.42. The van der Waals surface area contributed by atoms with E-state index in [1.54, 1.807) is 0 Å². The van der Waals surface area contributed by atoms with Crippen molar-refractivity contribution >= 4 is 0 Å². The number of likely N-dealkylation sites (N-methyl/N-ethyl adjacent to an activating group) is 1. The van der Waals surface area contributed by atoms with Crippen LogP contribution in [0.1, 0.15) is 32.1 Å². The third-order valence-corrected chi connectivity index (χ3v) is 2.42. The summed E-state index contributed by atoms with van der Waals surface area (Å²) in [7, 11) is 1.96. The van der Waals surface area contributed by atoms with Gasteiger partial charge < -0.3 is 10.1 Å². The second-order valence-electron chi connectivity index (χ2n) is 3.58. The van der Waals surface area contributed by atoms with Crippen LogP contribution in [-0.4, -0.2) is 26.3 Å². The molecule has 0 aromatic carbocycles. The first-order valence-electron chi connectivity index (χ1n) is 5.34. The van der Waals surface area contributed by atoms with Gasteiger partial charge in [0.05, 0.1) is 12.7 Å². The van der Waals surface area contributed by atoms with Gasteiger partial charge in [0.2, 0.25) is 0 Å². The lowest BCUT2D eigenvalue weighted by Gasteiger charge is -2.18. The number of hydrogen-bond donors (Lipinski definition) is 1. The van der Waals surface area contributed by atoms with Gasteiger partial charge in [-0.3, -0.25) is 0 Å². The van der Waals surface area contributed by atoms with Crippen LogP contribution in [0.4, 0.5) is 0 Å². The van der Waals surface area contributed by atoms with E-state index < -0.39 is 0 Å². The van der Waals surface area contributed by atoms with E-state index >= 15 is 0 Å². The zero-order valence-corrected chi connectivity index (χ0v) is 8.59. The van der Waals surface area contributed by atoms with Crippen LogP contribution in [0.2, 0.25) is 0 Å². The van der Waals surface area contributed by atoms with Crippen molar-refractivity contribution in [3.05, 3.63) is 12.2 Å². The molecule has 0 radical (unpaired) electrons. The van der Waals surface area contributed by atoms with E-state index in [9.17, 15) is 0 Å². The first kappa shape index (κ1) is 10.7. The Hall–Kier alpha value is -0.340. The average molecular weight is 183 g/mol. The molecule has 2 heteroatoms. The molecule has 0 amide bonds. The Balaban J connectivity index is 2.12. The van der Waals surface area contributed by atoms with Gasteiger partial charge in [-0.15, -0.1) is 0 Å². The Morgan fingerprint density at radius 3 is 3.00 bits per heavy atom. The minimum atomic E-state index is 0.498. The Labute approximate surface area is 81.4 Å². The fourth-order valence-electron chi connectivity index (χ4n) is 1.62. The summed E-state index contributed by atoms with van der Waals surface area (Å²) in [5, 5.41) is 3.10. The van der Waals surface area contributed by atoms with Crippen molar-refractivity contribution in [2.24, 2.45) is 0 Å². The number of hydrogen-bond acceptors (Lipinski definition) is 2. The topological polar surface area (TPSA) is 21.3 Å². The first-order valence-corrected chi connectivity index (χ1v) is 5.34. The van der Waals surface area contributed by atoms with E-state index in [1.807, 2.05) is 7.05 Å². The van der Waals surface area contributed by atoms with E-state index in [4.69, 9.17) is 4.74 Å². The van der Waals surface area contributed by atoms with Crippen molar-refractivity contribution in [3.8, 4) is 0 Å². The number of nitrogens with one attached hydrogen (secondary N) is 1. The van der Waals surface area contributed by atoms with Gasteiger partial charge >= 0.3 is 0 Å². The van der Waals surface area contributed by atoms with E-state index in [1.165, 1.54) is 32.1 Å². The number of rotatable bonds is 4. The van der Waals surface area contributed by atoms with Crippen LogP contribution < -0.4 is 5.32 Å². The monoisotopic (exact) mass is 183 g/mol. The summed E-state index contributed by atoms with van der Waals surface area (Å²) in [5.41, 5.74) is 0. The largest absolute Gasteiger partial charge is 0.377 e. The molecule has 0 aromatic rings. The molecule has 0 fully saturated rings. The highest BCUT2D eigenvalue weighted by Gasteiger charge is 2.08. The Kier molecular flexibility index (Phi) is 5.87. The smallest absolute Gasteiger partial charge is 0.0594 e. The van der Waals surface area contributed by atoms with E-state index in [-0.39, 0.29) is 0 Å². The predicted octanol–water partition coefficient (Wildman–Crippen LogP) is 2.11. The maximum absolute atomic E-state index is 5.76. The minimum absolute atomic E-state index is 0.498. The summed E-state index contributed by atoms with van der Waals surface area (Å²) in [6.45, 7) is 1.82. The highest BCUT2D eigenvalue weighted by molar-refractivity contribution is 4.85. The van der Waals surface area contributed by atoms with Crippen LogP contribution in [0.15, 0.2) is 12.2 Å². The van der Waals surface area contributed by atoms with Crippen LogP contribution >= 0.6 is 0 Å². The fraction of sp³-hybridized carbons (Fsp3) is 0.818. The maximum Gasteiger partial charge on any atom is 0.0594 e. The first-order chi connectivity index (χ1) is 6.43. The van der Waals surface area contributed by atoms with E-state index in [0.717, 1.165) is 13.2 Å². The summed E-state index contributed by atoms with van der Waals surface area (Å²) in [6.07, 6.45) is 11.2. The average Bonchev–Trinajstić information content (AvgIpc) is 2.08. The molecule has 1 aliphatic carbocycles. The molecule has 1 N–H and O–H groups in total. The van der Waals surface area contributed by atoms with Crippen LogP contribution in [0.3, 0.4) is 0 Å². The molecule has 1 atom stereocenters. The molecule has 0 spiro atoms. The Morgan fingerprint density at radius 2 is 2.15 bits per heavy atom. The quantitative estimate of drug-likeness (QED) is 0.532. The molecule has 1 aliphatic rings. The molecule has 0 saturated carbocycles. The molecular formula is C11H21NO. The molecule has 0 heterocycles. The van der Waals surface area contributed by atoms with Crippen molar-refractivity contribution in [2.75, 3.05) is 20.2 Å². The zero-order chi connectivity index (χ0) is 9.36. The van der Waals surface area contributed by atoms with Crippen molar-refractivity contribution in [3.63, 3.8) is 0 Å². The van der Waals surface area contributed by atoms with Crippen LogP contribution in [0.5, 0.6) is 0 Å². The van der Waals surface area contributed by atoms with Crippen molar-refractivity contribution < 1.29 is 4.74 Å². The second kappa shape index (κ2) is 7.10. The van der Waals surface area contributed by atoms with Crippen LogP contribution in [0.25, 0.3) is 0 Å². The molecule has 0 aliphatic heterocycles. The lowest BCUT2D eigenvalue weighted by atomic mass is 10.0. The van der Waals surface area contributed by atoms with E-state index in [0.29, 0.717) is 6.10 Å². The zero-order valence-electron chi connectivity index (χ0n) is 8.59. The molecule has 1 unspecified atom stereocenters. The summed E-state index contributed by atoms with van der Waals surface area (Å²) < 4.78 is 5.76. The fourth-order valence-corrected chi connectivity index (χ4v) is 1.62. The summed E-state index contributed by atoms with van der Waals surface area (Å²) in [4.78, 5) is 0. The molecule has 2 nitrogen and oxygen atoms in total. The molecule has 76 valence electrons. The standard InChI is InChI=1S/C11H21NO/c1-12-9-10-13-11-7-5-3-2-4-6-8-11/h2-3,11-12H,4-10H2,1H3/b3-2-. The lowest BCUT2D eigenvalue weighted by Crippen LogP contribution is -2.20. The van der Waals surface area contributed by atoms with Gasteiger partial charge in [0.1, 0.15) is 0 Å². The van der Waals surface area contributed by atoms with Crippen molar-refractivity contribution in [1.29, 1.82) is 0 Å². The van der Waals surface area contributed by atoms with Gasteiger partial charge in [0, 0.05) is 6.54 Å². The minimum Gasteiger partial charge on any atom is -0.377 e. The molecule has 0 bridgehead atoms. The highest BCUT2D eigenvalue weighted by Crippen LogP contribution is 2.14. The predicted molar refractivity (Wildman–Crippen MR) is 55.9 cm³/mol. The normalized spacial score (nSPS) is 26.4. The molecule has 1 rings (SSSR count). The van der Waals surface area contributed by atoms with Crippen LogP contribution in [-0.2, 0) is 4.74 Å².